The molecule has 0 aliphatic rings. The van der Waals surface area contributed by atoms with E-state index in [2.05, 4.69) is 39.1 Å². The zero-order chi connectivity index (χ0) is 26.9. The van der Waals surface area contributed by atoms with Gasteiger partial charge in [-0.15, -0.1) is 25.3 Å². The first-order valence-electron chi connectivity index (χ1n) is 14.8. The van der Waals surface area contributed by atoms with E-state index in [-0.39, 0.29) is 10.2 Å². The van der Waals surface area contributed by atoms with Gasteiger partial charge in [-0.05, 0) is 25.0 Å². The first kappa shape index (κ1) is 31.9. The Kier molecular flexibility index (Phi) is 15.6. The summed E-state index contributed by atoms with van der Waals surface area (Å²) in [6, 6.07) is 7.52. The Hall–Kier alpha value is -1.27. The number of thiol groups is 2. The quantitative estimate of drug-likeness (QED) is 0.114. The highest BCUT2D eigenvalue weighted by molar-refractivity contribution is 7.97. The normalized spacial score (nSPS) is 14.1. The van der Waals surface area contributed by atoms with E-state index in [0.717, 1.165) is 38.5 Å². The number of carbonyl (C=O) groups excluding carboxylic acids is 2. The molecule has 0 amide bonds. The van der Waals surface area contributed by atoms with Gasteiger partial charge >= 0.3 is 0 Å². The number of oxazole rings is 1. The van der Waals surface area contributed by atoms with Crippen molar-refractivity contribution in [3.63, 3.8) is 0 Å². The average molecular weight is 548 g/mol. The van der Waals surface area contributed by atoms with Gasteiger partial charge < -0.3 is 4.42 Å². The number of carbonyl (C=O) groups is 2. The third-order valence-electron chi connectivity index (χ3n) is 7.72. The second-order valence-electron chi connectivity index (χ2n) is 10.6. The second-order valence-corrected chi connectivity index (χ2v) is 11.5. The highest BCUT2D eigenvalue weighted by Crippen LogP contribution is 2.44. The van der Waals surface area contributed by atoms with Crippen molar-refractivity contribution >= 4 is 46.6 Å². The summed E-state index contributed by atoms with van der Waals surface area (Å²) in [5.74, 6) is -0.276. The van der Waals surface area contributed by atoms with Crippen LogP contribution >= 0.6 is 25.3 Å². The van der Waals surface area contributed by atoms with E-state index in [1.165, 1.54) is 64.2 Å². The fourth-order valence-corrected chi connectivity index (χ4v) is 6.15. The lowest BCUT2D eigenvalue weighted by molar-refractivity contribution is -0.126. The Morgan fingerprint density at radius 2 is 1.30 bits per heavy atom. The monoisotopic (exact) mass is 547 g/mol. The van der Waals surface area contributed by atoms with Crippen LogP contribution in [-0.2, 0) is 15.0 Å². The molecule has 0 bridgehead atoms. The highest BCUT2D eigenvalue weighted by Gasteiger charge is 2.51. The predicted octanol–water partition coefficient (Wildman–Crippen LogP) is 9.66. The smallest absolute Gasteiger partial charge is 0.210 e. The van der Waals surface area contributed by atoms with Crippen molar-refractivity contribution in [1.29, 1.82) is 0 Å². The van der Waals surface area contributed by atoms with E-state index in [0.29, 0.717) is 29.8 Å². The SMILES string of the molecule is CCCCCCCCCCC(C(=O)S)C(CCCCCCCCCC)(C(=O)S)c1nc2ccccc2o1. The molecule has 2 unspecified atom stereocenters. The van der Waals surface area contributed by atoms with Crippen LogP contribution in [0.3, 0.4) is 0 Å². The molecule has 2 aromatic rings. The van der Waals surface area contributed by atoms with Crippen molar-refractivity contribution < 1.29 is 14.0 Å². The van der Waals surface area contributed by atoms with Gasteiger partial charge in [0, 0.05) is 0 Å². The molecule has 0 saturated carbocycles. The summed E-state index contributed by atoms with van der Waals surface area (Å²) < 4.78 is 6.16. The van der Waals surface area contributed by atoms with Gasteiger partial charge in [-0.25, -0.2) is 4.98 Å². The van der Waals surface area contributed by atoms with Crippen LogP contribution in [0.15, 0.2) is 28.7 Å². The Morgan fingerprint density at radius 3 is 1.81 bits per heavy atom. The molecule has 0 aliphatic heterocycles. The van der Waals surface area contributed by atoms with Gasteiger partial charge in [0.05, 0.1) is 5.92 Å². The van der Waals surface area contributed by atoms with E-state index in [9.17, 15) is 9.59 Å². The van der Waals surface area contributed by atoms with E-state index in [4.69, 9.17) is 9.40 Å². The fourth-order valence-electron chi connectivity index (χ4n) is 5.44. The Morgan fingerprint density at radius 1 is 0.784 bits per heavy atom. The molecule has 0 N–H and O–H groups in total. The van der Waals surface area contributed by atoms with Crippen LogP contribution in [0.1, 0.15) is 135 Å². The van der Waals surface area contributed by atoms with Gasteiger partial charge in [0.1, 0.15) is 10.9 Å². The summed E-state index contributed by atoms with van der Waals surface area (Å²) >= 11 is 8.67. The van der Waals surface area contributed by atoms with Crippen molar-refractivity contribution in [1.82, 2.24) is 4.98 Å². The molecule has 37 heavy (non-hydrogen) atoms. The van der Waals surface area contributed by atoms with Crippen molar-refractivity contribution in [3.05, 3.63) is 30.2 Å². The zero-order valence-electron chi connectivity index (χ0n) is 23.2. The van der Waals surface area contributed by atoms with Gasteiger partial charge in [0.25, 0.3) is 0 Å². The van der Waals surface area contributed by atoms with Gasteiger partial charge in [-0.3, -0.25) is 9.59 Å². The maximum Gasteiger partial charge on any atom is 0.210 e. The van der Waals surface area contributed by atoms with Crippen LogP contribution in [0.2, 0.25) is 0 Å². The molecule has 0 spiro atoms. The fraction of sp³-hybridized carbons (Fsp3) is 0.710. The number of hydrogen-bond donors (Lipinski definition) is 2. The lowest BCUT2D eigenvalue weighted by Crippen LogP contribution is -2.44. The van der Waals surface area contributed by atoms with E-state index < -0.39 is 11.3 Å². The van der Waals surface area contributed by atoms with Crippen LogP contribution < -0.4 is 0 Å². The molecule has 0 aliphatic carbocycles. The average Bonchev–Trinajstić information content (AvgIpc) is 3.32. The van der Waals surface area contributed by atoms with Crippen LogP contribution in [0.5, 0.6) is 0 Å². The summed E-state index contributed by atoms with van der Waals surface area (Å²) in [5, 5.41) is -0.610. The van der Waals surface area contributed by atoms with Gasteiger partial charge in [0.2, 0.25) is 11.0 Å². The minimum absolute atomic E-state index is 0.271. The summed E-state index contributed by atoms with van der Waals surface area (Å²) in [5.41, 5.74) is 0.138. The molecule has 2 rings (SSSR count). The van der Waals surface area contributed by atoms with Crippen LogP contribution in [0.25, 0.3) is 11.1 Å². The Balaban J connectivity index is 2.15. The summed E-state index contributed by atoms with van der Waals surface area (Å²) in [4.78, 5) is 31.0. The minimum atomic E-state index is -1.19. The van der Waals surface area contributed by atoms with Crippen LogP contribution in [-0.4, -0.2) is 15.2 Å². The van der Waals surface area contributed by atoms with Crippen molar-refractivity contribution in [2.75, 3.05) is 0 Å². The van der Waals surface area contributed by atoms with Gasteiger partial charge in [-0.1, -0.05) is 129 Å². The number of rotatable bonds is 22. The van der Waals surface area contributed by atoms with Gasteiger partial charge in [0.15, 0.2) is 10.7 Å². The van der Waals surface area contributed by atoms with Crippen molar-refractivity contribution in [2.24, 2.45) is 5.92 Å². The molecule has 0 saturated heterocycles. The van der Waals surface area contributed by atoms with Crippen molar-refractivity contribution in [2.45, 2.75) is 135 Å². The molecule has 2 atom stereocenters. The Bertz CT molecular complexity index is 895. The van der Waals surface area contributed by atoms with E-state index in [1.54, 1.807) is 0 Å². The summed E-state index contributed by atoms with van der Waals surface area (Å²) in [6.45, 7) is 4.46. The van der Waals surface area contributed by atoms with Crippen molar-refractivity contribution in [3.8, 4) is 0 Å². The molecular formula is C31H49NO3S2. The Labute approximate surface area is 236 Å². The third-order valence-corrected chi connectivity index (χ3v) is 8.43. The molecule has 1 aromatic carbocycles. The maximum atomic E-state index is 13.3. The molecule has 1 heterocycles. The maximum absolute atomic E-state index is 13.3. The lowest BCUT2D eigenvalue weighted by Gasteiger charge is -2.34. The van der Waals surface area contributed by atoms with E-state index >= 15 is 0 Å². The third kappa shape index (κ3) is 10.1. The zero-order valence-corrected chi connectivity index (χ0v) is 25.0. The minimum Gasteiger partial charge on any atom is -0.440 e. The number of benzene rings is 1. The lowest BCUT2D eigenvalue weighted by atomic mass is 9.70. The molecule has 6 heteroatoms. The number of fused-ring (bicyclic) bond motifs is 1. The number of unbranched alkanes of at least 4 members (excludes halogenated alkanes) is 14. The first-order chi connectivity index (χ1) is 18.0. The molecule has 1 aromatic heterocycles. The molecule has 4 nitrogen and oxygen atoms in total. The highest BCUT2D eigenvalue weighted by atomic mass is 32.1. The number of aromatic nitrogens is 1. The summed E-state index contributed by atoms with van der Waals surface area (Å²) in [7, 11) is 0. The molecule has 208 valence electrons. The number of hydrogen-bond acceptors (Lipinski definition) is 4. The number of para-hydroxylation sites is 2. The standard InChI is InChI=1S/C31H49NO3S2/c1-3-5-7-9-11-13-15-17-21-25(28(33)36)31(30(34)37,24-20-16-14-12-10-8-6-4-2)29-32-26-22-18-19-23-27(26)35-29/h18-19,22-23,25H,3-17,20-21,24H2,1-2H3,(H,33,36)(H,34,37). The molecule has 0 radical (unpaired) electrons. The summed E-state index contributed by atoms with van der Waals surface area (Å²) in [6.07, 6.45) is 19.8. The number of nitrogens with zero attached hydrogens (tertiary/aromatic N) is 1. The molecular weight excluding hydrogens is 498 g/mol. The van der Waals surface area contributed by atoms with E-state index in [1.807, 2.05) is 24.3 Å². The van der Waals surface area contributed by atoms with Crippen LogP contribution in [0, 0.1) is 5.92 Å². The second kappa shape index (κ2) is 18.1. The van der Waals surface area contributed by atoms with Gasteiger partial charge in [-0.2, -0.15) is 0 Å². The largest absolute Gasteiger partial charge is 0.440 e. The predicted molar refractivity (Wildman–Crippen MR) is 162 cm³/mol. The first-order valence-corrected chi connectivity index (χ1v) is 15.7. The van der Waals surface area contributed by atoms with Crippen LogP contribution in [0.4, 0.5) is 0 Å². The topological polar surface area (TPSA) is 60.2 Å². The molecule has 0 fully saturated rings.